The van der Waals surface area contributed by atoms with Gasteiger partial charge in [0.1, 0.15) is 0 Å². The maximum Gasteiger partial charge on any atom is 0.335 e. The van der Waals surface area contributed by atoms with Crippen molar-refractivity contribution in [3.05, 3.63) is 87.4 Å². The molecule has 0 unspecified atom stereocenters. The fraction of sp³-hybridized carbons (Fsp3) is 0. The maximum absolute atomic E-state index is 12.7. The first-order chi connectivity index (χ1) is 14.4. The van der Waals surface area contributed by atoms with Gasteiger partial charge in [0.25, 0.3) is 5.91 Å². The highest BCUT2D eigenvalue weighted by molar-refractivity contribution is 9.10. The highest BCUT2D eigenvalue weighted by Crippen LogP contribution is 2.24. The molecule has 0 spiro atoms. The lowest BCUT2D eigenvalue weighted by atomic mass is 10.1. The fourth-order valence-electron chi connectivity index (χ4n) is 2.30. The Hall–Kier alpha value is -3.01. The predicted molar refractivity (Wildman–Crippen MR) is 119 cm³/mol. The van der Waals surface area contributed by atoms with Gasteiger partial charge in [0.2, 0.25) is 0 Å². The van der Waals surface area contributed by atoms with Crippen LogP contribution in [0.25, 0.3) is 0 Å². The molecule has 0 radical (unpaired) electrons. The molecule has 3 aromatic carbocycles. The van der Waals surface area contributed by atoms with Gasteiger partial charge in [0, 0.05) is 15.2 Å². The van der Waals surface area contributed by atoms with Gasteiger partial charge in [-0.1, -0.05) is 27.5 Å². The summed E-state index contributed by atoms with van der Waals surface area (Å²) in [5, 5.41) is 12.0. The van der Waals surface area contributed by atoms with Crippen molar-refractivity contribution in [3.8, 4) is 5.75 Å². The van der Waals surface area contributed by atoms with Gasteiger partial charge in [0.05, 0.1) is 16.8 Å². The molecule has 0 bridgehead atoms. The number of carbonyl (C=O) groups is 2. The highest BCUT2D eigenvalue weighted by atomic mass is 79.9. The average Bonchev–Trinajstić information content (AvgIpc) is 2.75. The molecule has 3 aromatic rings. The summed E-state index contributed by atoms with van der Waals surface area (Å²) in [7, 11) is 0. The summed E-state index contributed by atoms with van der Waals surface area (Å²) in [6.07, 6.45) is 0. The lowest BCUT2D eigenvalue weighted by Gasteiger charge is -2.13. The number of carboxylic acids is 1. The molecule has 3 rings (SSSR count). The van der Waals surface area contributed by atoms with Crippen molar-refractivity contribution < 1.29 is 23.7 Å². The fourth-order valence-corrected chi connectivity index (χ4v) is 2.74. The van der Waals surface area contributed by atoms with Crippen molar-refractivity contribution in [2.75, 3.05) is 10.8 Å². The van der Waals surface area contributed by atoms with Gasteiger partial charge in [-0.25, -0.2) is 10.3 Å². The minimum absolute atomic E-state index is 0.131. The molecular formula is C20H14BrClN2O5S. The smallest absolute Gasteiger partial charge is 0.335 e. The monoisotopic (exact) mass is 508 g/mol. The molecule has 0 saturated carbocycles. The molecule has 0 aliphatic carbocycles. The highest BCUT2D eigenvalue weighted by Gasteiger charge is 2.14. The van der Waals surface area contributed by atoms with Crippen LogP contribution in [0.4, 0.5) is 11.4 Å². The number of benzene rings is 3. The number of carbonyl (C=O) groups excluding carboxylic acids is 1. The van der Waals surface area contributed by atoms with Gasteiger partial charge in [-0.15, -0.1) is 0 Å². The van der Waals surface area contributed by atoms with Crippen molar-refractivity contribution in [2.24, 2.45) is 0 Å². The molecular weight excluding hydrogens is 496 g/mol. The van der Waals surface area contributed by atoms with Crippen molar-refractivity contribution in [2.45, 2.75) is 0 Å². The van der Waals surface area contributed by atoms with Crippen LogP contribution < -0.4 is 15.6 Å². The Labute approximate surface area is 190 Å². The minimum atomic E-state index is -1.04. The number of anilines is 2. The number of amides is 1. The van der Waals surface area contributed by atoms with Crippen LogP contribution in [-0.4, -0.2) is 21.2 Å². The number of carboxylic acid groups (broad SMARTS) is 1. The molecule has 0 atom stereocenters. The number of nitrogens with one attached hydrogen (secondary N) is 2. The Bertz CT molecular complexity index is 1030. The summed E-state index contributed by atoms with van der Waals surface area (Å²) in [5.41, 5.74) is 4.03. The van der Waals surface area contributed by atoms with Crippen LogP contribution in [0.5, 0.6) is 5.75 Å². The van der Waals surface area contributed by atoms with E-state index in [1.54, 1.807) is 24.3 Å². The quantitative estimate of drug-likeness (QED) is 0.396. The maximum atomic E-state index is 12.7. The summed E-state index contributed by atoms with van der Waals surface area (Å²) in [5.74, 6) is -0.898. The first-order valence-corrected chi connectivity index (χ1v) is 9.72. The second kappa shape index (κ2) is 11.2. The van der Waals surface area contributed by atoms with Gasteiger partial charge in [0.15, 0.2) is 18.3 Å². The van der Waals surface area contributed by atoms with Crippen molar-refractivity contribution in [3.63, 3.8) is 0 Å². The molecule has 1 amide bonds. The first kappa shape index (κ1) is 23.3. The van der Waals surface area contributed by atoms with Crippen LogP contribution in [0.1, 0.15) is 20.7 Å². The van der Waals surface area contributed by atoms with E-state index >= 15 is 0 Å². The Balaban J connectivity index is 0.00000155. The van der Waals surface area contributed by atoms with Crippen molar-refractivity contribution in [1.82, 2.24) is 0 Å². The molecule has 0 saturated heterocycles. The summed E-state index contributed by atoms with van der Waals surface area (Å²) >= 11 is 12.2. The van der Waals surface area contributed by atoms with Crippen molar-refractivity contribution >= 4 is 63.3 Å². The number of hydrogen-bond donors (Lipinski definition) is 3. The van der Waals surface area contributed by atoms with Gasteiger partial charge in [-0.3, -0.25) is 4.79 Å². The molecule has 0 heterocycles. The zero-order chi connectivity index (χ0) is 22.1. The third-order valence-corrected chi connectivity index (χ3v) is 4.47. The number of halogens is 2. The largest absolute Gasteiger partial charge is 0.478 e. The molecule has 154 valence electrons. The van der Waals surface area contributed by atoms with E-state index in [0.717, 1.165) is 4.47 Å². The third-order valence-electron chi connectivity index (χ3n) is 3.71. The molecule has 3 N–H and O–H groups in total. The van der Waals surface area contributed by atoms with Gasteiger partial charge >= 0.3 is 5.97 Å². The van der Waals surface area contributed by atoms with E-state index in [1.165, 1.54) is 30.3 Å². The molecule has 10 heteroatoms. The van der Waals surface area contributed by atoms with Gasteiger partial charge < -0.3 is 15.3 Å². The van der Waals surface area contributed by atoms with Crippen LogP contribution in [0.2, 0.25) is 5.02 Å². The van der Waals surface area contributed by atoms with E-state index < -0.39 is 11.9 Å². The third kappa shape index (κ3) is 6.51. The minimum Gasteiger partial charge on any atom is -0.478 e. The molecule has 7 nitrogen and oxygen atoms in total. The number of hydrogen-bond acceptors (Lipinski definition) is 6. The van der Waals surface area contributed by atoms with Crippen LogP contribution in [0.15, 0.2) is 71.2 Å². The number of rotatable bonds is 6. The predicted octanol–water partition coefficient (Wildman–Crippen LogP) is 5.12. The van der Waals surface area contributed by atoms with E-state index in [-0.39, 0.29) is 11.1 Å². The lowest BCUT2D eigenvalue weighted by molar-refractivity contribution is 0.0696. The zero-order valence-corrected chi connectivity index (χ0v) is 18.3. The molecule has 0 fully saturated rings. The Morgan fingerprint density at radius 3 is 2.20 bits per heavy atom. The first-order valence-electron chi connectivity index (χ1n) is 8.22. The molecule has 0 aliphatic heterocycles. The van der Waals surface area contributed by atoms with E-state index in [4.69, 9.17) is 25.8 Å². The second-order valence-electron chi connectivity index (χ2n) is 5.68. The Morgan fingerprint density at radius 1 is 0.967 bits per heavy atom. The van der Waals surface area contributed by atoms with Crippen molar-refractivity contribution in [1.29, 1.82) is 0 Å². The van der Waals surface area contributed by atoms with E-state index in [9.17, 15) is 9.59 Å². The molecule has 0 aliphatic rings. The standard InChI is InChI=1S/C20H14BrClN2O4.OS/c21-13-3-8-16(9-4-13)28-24-18-10-5-14(22)11-17(18)19(25)23-15-6-1-12(2-7-15)20(26)27;1-2/h1-11,24H,(H,23,25)(H,26,27);. The zero-order valence-electron chi connectivity index (χ0n) is 15.1. The summed E-state index contributed by atoms with van der Waals surface area (Å²) in [4.78, 5) is 29.1. The topological polar surface area (TPSA) is 105 Å². The van der Waals surface area contributed by atoms with E-state index in [0.29, 0.717) is 22.1 Å². The van der Waals surface area contributed by atoms with Crippen LogP contribution in [0.3, 0.4) is 0 Å². The Kier molecular flexibility index (Phi) is 8.72. The van der Waals surface area contributed by atoms with Crippen LogP contribution >= 0.6 is 27.5 Å². The van der Waals surface area contributed by atoms with Crippen LogP contribution in [-0.2, 0) is 12.5 Å². The summed E-state index contributed by atoms with van der Waals surface area (Å²) < 4.78 is 8.75. The average molecular weight is 510 g/mol. The van der Waals surface area contributed by atoms with Gasteiger partial charge in [-0.2, -0.15) is 4.21 Å². The van der Waals surface area contributed by atoms with E-state index in [2.05, 4.69) is 39.3 Å². The van der Waals surface area contributed by atoms with Gasteiger partial charge in [-0.05, 0) is 66.7 Å². The molecule has 30 heavy (non-hydrogen) atoms. The summed E-state index contributed by atoms with van der Waals surface area (Å²) in [6.45, 7) is 0. The van der Waals surface area contributed by atoms with E-state index in [1.807, 2.05) is 12.1 Å². The normalized spacial score (nSPS) is 9.67. The number of aromatic carboxylic acids is 1. The molecule has 0 aromatic heterocycles. The second-order valence-corrected chi connectivity index (χ2v) is 7.04. The summed E-state index contributed by atoms with van der Waals surface area (Å²) in [6, 6.07) is 17.8. The SMILES string of the molecule is O=C(O)c1ccc(NC(=O)c2cc(Cl)ccc2NOc2ccc(Br)cc2)cc1.O=S. The van der Waals surface area contributed by atoms with Crippen LogP contribution in [0, 0.1) is 0 Å². The lowest BCUT2D eigenvalue weighted by Crippen LogP contribution is -2.16. The Morgan fingerprint density at radius 2 is 1.60 bits per heavy atom.